The van der Waals surface area contributed by atoms with Gasteiger partial charge in [0.05, 0.1) is 5.39 Å². The first kappa shape index (κ1) is 15.2. The van der Waals surface area contributed by atoms with Crippen molar-refractivity contribution in [3.05, 3.63) is 39.6 Å². The van der Waals surface area contributed by atoms with Crippen LogP contribution in [-0.4, -0.2) is 31.1 Å². The Hall–Kier alpha value is -2.68. The maximum absolute atomic E-state index is 12.2. The van der Waals surface area contributed by atoms with E-state index in [1.54, 1.807) is 24.3 Å². The fraction of sp³-hybridized carbons (Fsp3) is 0.286. The molecule has 8 nitrogen and oxygen atoms in total. The van der Waals surface area contributed by atoms with E-state index in [0.29, 0.717) is 29.0 Å². The van der Waals surface area contributed by atoms with Gasteiger partial charge in [0.15, 0.2) is 0 Å². The summed E-state index contributed by atoms with van der Waals surface area (Å²) in [6.45, 7) is 2.15. The molecule has 0 aliphatic rings. The van der Waals surface area contributed by atoms with Gasteiger partial charge in [0, 0.05) is 13.0 Å². The average Bonchev–Trinajstić information content (AvgIpc) is 2.95. The van der Waals surface area contributed by atoms with Crippen LogP contribution in [0.2, 0.25) is 0 Å². The van der Waals surface area contributed by atoms with Crippen molar-refractivity contribution in [3.8, 4) is 0 Å². The number of nitrogens with zero attached hydrogens (tertiary/aromatic N) is 5. The summed E-state index contributed by atoms with van der Waals surface area (Å²) < 4.78 is 1.28. The Morgan fingerprint density at radius 2 is 2.09 bits per heavy atom. The Labute approximate surface area is 135 Å². The molecule has 0 fully saturated rings. The Morgan fingerprint density at radius 3 is 2.87 bits per heavy atom. The third-order valence-electron chi connectivity index (χ3n) is 3.18. The van der Waals surface area contributed by atoms with Crippen LogP contribution in [0.1, 0.15) is 17.8 Å². The number of amides is 1. The second-order valence-electron chi connectivity index (χ2n) is 4.91. The summed E-state index contributed by atoms with van der Waals surface area (Å²) in [4.78, 5) is 24.1. The zero-order valence-corrected chi connectivity index (χ0v) is 13.2. The zero-order valence-electron chi connectivity index (χ0n) is 12.4. The van der Waals surface area contributed by atoms with E-state index in [1.807, 2.05) is 6.92 Å². The Kier molecular flexibility index (Phi) is 4.38. The minimum Gasteiger partial charge on any atom is -0.301 e. The van der Waals surface area contributed by atoms with Gasteiger partial charge in [0.25, 0.3) is 5.56 Å². The van der Waals surface area contributed by atoms with Gasteiger partial charge < -0.3 is 5.32 Å². The molecule has 1 aromatic carbocycles. The summed E-state index contributed by atoms with van der Waals surface area (Å²) in [5, 5.41) is 20.0. The maximum atomic E-state index is 12.2. The third kappa shape index (κ3) is 3.57. The lowest BCUT2D eigenvalue weighted by atomic mass is 10.2. The molecule has 0 spiro atoms. The first-order valence-corrected chi connectivity index (χ1v) is 7.87. The molecular formula is C14H14N6O2S. The summed E-state index contributed by atoms with van der Waals surface area (Å²) >= 11 is 1.32. The number of benzene rings is 1. The summed E-state index contributed by atoms with van der Waals surface area (Å²) in [6, 6.07) is 7.05. The predicted octanol–water partition coefficient (Wildman–Crippen LogP) is 1.37. The second-order valence-corrected chi connectivity index (χ2v) is 6.09. The van der Waals surface area contributed by atoms with Gasteiger partial charge in [-0.05, 0) is 25.5 Å². The van der Waals surface area contributed by atoms with Gasteiger partial charge in [-0.2, -0.15) is 0 Å². The van der Waals surface area contributed by atoms with Crippen LogP contribution < -0.4 is 10.9 Å². The van der Waals surface area contributed by atoms with Crippen LogP contribution >= 0.6 is 11.3 Å². The topological polar surface area (TPSA) is 103 Å². The molecule has 2 aromatic heterocycles. The Bertz CT molecular complexity index is 903. The van der Waals surface area contributed by atoms with E-state index in [4.69, 9.17) is 0 Å². The minimum atomic E-state index is -0.198. The van der Waals surface area contributed by atoms with Crippen molar-refractivity contribution in [3.63, 3.8) is 0 Å². The average molecular weight is 330 g/mol. The summed E-state index contributed by atoms with van der Waals surface area (Å²) in [7, 11) is 0. The maximum Gasteiger partial charge on any atom is 0.277 e. The molecule has 0 saturated heterocycles. The smallest absolute Gasteiger partial charge is 0.277 e. The highest BCUT2D eigenvalue weighted by Gasteiger charge is 2.08. The number of aromatic nitrogens is 5. The van der Waals surface area contributed by atoms with Crippen molar-refractivity contribution < 1.29 is 4.79 Å². The SMILES string of the molecule is Cc1nnc(NC(=O)CCCn2nnc3ccccc3c2=O)s1. The van der Waals surface area contributed by atoms with Crippen molar-refractivity contribution in [2.75, 3.05) is 5.32 Å². The Morgan fingerprint density at radius 1 is 1.26 bits per heavy atom. The first-order valence-electron chi connectivity index (χ1n) is 7.06. The van der Waals surface area contributed by atoms with Crippen LogP contribution in [0.5, 0.6) is 0 Å². The molecular weight excluding hydrogens is 316 g/mol. The molecule has 3 aromatic rings. The molecule has 0 aliphatic carbocycles. The van der Waals surface area contributed by atoms with Gasteiger partial charge in [-0.1, -0.05) is 28.7 Å². The largest absolute Gasteiger partial charge is 0.301 e. The summed E-state index contributed by atoms with van der Waals surface area (Å²) in [6.07, 6.45) is 0.746. The van der Waals surface area contributed by atoms with Gasteiger partial charge in [-0.25, -0.2) is 4.68 Å². The number of fused-ring (bicyclic) bond motifs is 1. The molecule has 0 aliphatic heterocycles. The molecule has 0 unspecified atom stereocenters. The van der Waals surface area contributed by atoms with Crippen molar-refractivity contribution in [2.24, 2.45) is 0 Å². The van der Waals surface area contributed by atoms with Crippen molar-refractivity contribution in [1.82, 2.24) is 25.2 Å². The van der Waals surface area contributed by atoms with Gasteiger partial charge in [-0.3, -0.25) is 9.59 Å². The van der Waals surface area contributed by atoms with Gasteiger partial charge >= 0.3 is 0 Å². The van der Waals surface area contributed by atoms with E-state index < -0.39 is 0 Å². The number of nitrogens with one attached hydrogen (secondary N) is 1. The Balaban J connectivity index is 1.59. The number of aryl methyl sites for hydroxylation is 2. The van der Waals surface area contributed by atoms with E-state index in [-0.39, 0.29) is 17.9 Å². The van der Waals surface area contributed by atoms with Crippen molar-refractivity contribution in [2.45, 2.75) is 26.3 Å². The minimum absolute atomic E-state index is 0.164. The number of carbonyl (C=O) groups is 1. The fourth-order valence-electron chi connectivity index (χ4n) is 2.09. The monoisotopic (exact) mass is 330 g/mol. The van der Waals surface area contributed by atoms with Crippen LogP contribution in [0.25, 0.3) is 10.9 Å². The van der Waals surface area contributed by atoms with Crippen molar-refractivity contribution >= 4 is 33.3 Å². The summed E-state index contributed by atoms with van der Waals surface area (Å²) in [5.41, 5.74) is 0.369. The molecule has 0 bridgehead atoms. The molecule has 2 heterocycles. The lowest BCUT2D eigenvalue weighted by Gasteiger charge is -2.04. The van der Waals surface area contributed by atoms with E-state index in [2.05, 4.69) is 25.8 Å². The molecule has 0 atom stereocenters. The number of rotatable bonds is 5. The van der Waals surface area contributed by atoms with Gasteiger partial charge in [-0.15, -0.1) is 15.3 Å². The molecule has 1 amide bonds. The van der Waals surface area contributed by atoms with E-state index in [0.717, 1.165) is 5.01 Å². The van der Waals surface area contributed by atoms with Crippen LogP contribution in [-0.2, 0) is 11.3 Å². The van der Waals surface area contributed by atoms with Crippen LogP contribution in [0.15, 0.2) is 29.1 Å². The normalized spacial score (nSPS) is 10.8. The lowest BCUT2D eigenvalue weighted by molar-refractivity contribution is -0.116. The fourth-order valence-corrected chi connectivity index (χ4v) is 2.70. The van der Waals surface area contributed by atoms with Gasteiger partial charge in [0.1, 0.15) is 10.5 Å². The number of carbonyl (C=O) groups excluding carboxylic acids is 1. The molecule has 1 N–H and O–H groups in total. The number of hydrogen-bond donors (Lipinski definition) is 1. The highest BCUT2D eigenvalue weighted by molar-refractivity contribution is 7.15. The molecule has 3 rings (SSSR count). The highest BCUT2D eigenvalue weighted by atomic mass is 32.1. The molecule has 0 radical (unpaired) electrons. The second kappa shape index (κ2) is 6.61. The molecule has 0 saturated carbocycles. The van der Waals surface area contributed by atoms with Crippen molar-refractivity contribution in [1.29, 1.82) is 0 Å². The first-order chi connectivity index (χ1) is 11.1. The number of anilines is 1. The van der Waals surface area contributed by atoms with E-state index in [9.17, 15) is 9.59 Å². The van der Waals surface area contributed by atoms with Crippen LogP contribution in [0, 0.1) is 6.92 Å². The molecule has 9 heteroatoms. The standard InChI is InChI=1S/C14H14N6O2S/c1-9-16-18-14(23-9)15-12(21)7-4-8-20-13(22)10-5-2-3-6-11(10)17-19-20/h2-3,5-6H,4,7-8H2,1H3,(H,15,18,21). The number of hydrogen-bond acceptors (Lipinski definition) is 7. The summed E-state index contributed by atoms with van der Waals surface area (Å²) in [5.74, 6) is -0.164. The third-order valence-corrected chi connectivity index (χ3v) is 3.93. The molecule has 23 heavy (non-hydrogen) atoms. The van der Waals surface area contributed by atoms with Crippen LogP contribution in [0.4, 0.5) is 5.13 Å². The predicted molar refractivity (Wildman–Crippen MR) is 86.3 cm³/mol. The lowest BCUT2D eigenvalue weighted by Crippen LogP contribution is -2.25. The quantitative estimate of drug-likeness (QED) is 0.758. The van der Waals surface area contributed by atoms with E-state index in [1.165, 1.54) is 16.0 Å². The zero-order chi connectivity index (χ0) is 16.2. The molecule has 118 valence electrons. The van der Waals surface area contributed by atoms with E-state index >= 15 is 0 Å². The highest BCUT2D eigenvalue weighted by Crippen LogP contribution is 2.14. The van der Waals surface area contributed by atoms with Crippen LogP contribution in [0.3, 0.4) is 0 Å². The van der Waals surface area contributed by atoms with Gasteiger partial charge in [0.2, 0.25) is 11.0 Å².